The van der Waals surface area contributed by atoms with Gasteiger partial charge in [-0.15, -0.1) is 0 Å². The van der Waals surface area contributed by atoms with E-state index in [9.17, 15) is 0 Å². The van der Waals surface area contributed by atoms with Crippen molar-refractivity contribution in [3.63, 3.8) is 0 Å². The maximum atomic E-state index is 6.34. The van der Waals surface area contributed by atoms with Crippen LogP contribution in [0.25, 0.3) is 11.3 Å². The summed E-state index contributed by atoms with van der Waals surface area (Å²) in [6.07, 6.45) is 10.4. The lowest BCUT2D eigenvalue weighted by molar-refractivity contribution is -0.939. The van der Waals surface area contributed by atoms with Crippen LogP contribution in [0.1, 0.15) is 31.2 Å². The van der Waals surface area contributed by atoms with Crippen LogP contribution < -0.4 is 15.1 Å². The van der Waals surface area contributed by atoms with Gasteiger partial charge in [0.05, 0.1) is 37.9 Å². The standard InChI is InChI=1S/C34H41ClN7/c1-40(30-12-17-36-18-13-30)29-10-8-26(9-11-29)24-41(31-7-4-22-42(2,25-31)32-14-19-37-20-15-32)34-38-21-16-33(39-34)27-5-3-6-28(35)23-27/h3,5-6,8-13,16-18,21,23,31-32,37H,4,7,14-15,19-20,22,24-25H2,1-2H3/q+1/t31-,42?/m0/s1. The fourth-order valence-electron chi connectivity index (χ4n) is 6.77. The van der Waals surface area contributed by atoms with E-state index in [4.69, 9.17) is 21.6 Å². The lowest BCUT2D eigenvalue weighted by Crippen LogP contribution is -2.63. The predicted molar refractivity (Wildman–Crippen MR) is 172 cm³/mol. The topological polar surface area (TPSA) is 57.2 Å². The third kappa shape index (κ3) is 6.43. The number of piperidine rings is 2. The molecule has 2 aliphatic rings. The van der Waals surface area contributed by atoms with E-state index in [2.05, 4.69) is 64.5 Å². The van der Waals surface area contributed by atoms with Crippen LogP contribution in [0, 0.1) is 0 Å². The second-order valence-corrected chi connectivity index (χ2v) is 12.4. The van der Waals surface area contributed by atoms with Gasteiger partial charge in [-0.1, -0.05) is 35.9 Å². The Bertz CT molecular complexity index is 1460. The number of nitrogens with one attached hydrogen (secondary N) is 1. The molecule has 4 aromatic rings. The highest BCUT2D eigenvalue weighted by Crippen LogP contribution is 2.32. The molecule has 2 saturated heterocycles. The molecule has 2 aromatic heterocycles. The summed E-state index contributed by atoms with van der Waals surface area (Å²) in [7, 11) is 4.57. The summed E-state index contributed by atoms with van der Waals surface area (Å²) >= 11 is 6.34. The molecule has 0 radical (unpaired) electrons. The molecule has 8 heteroatoms. The minimum Gasteiger partial charge on any atom is -0.345 e. The number of benzene rings is 2. The van der Waals surface area contributed by atoms with Crippen LogP contribution in [0.4, 0.5) is 17.3 Å². The van der Waals surface area contributed by atoms with Crippen LogP contribution in [-0.2, 0) is 6.54 Å². The molecule has 42 heavy (non-hydrogen) atoms. The Kier molecular flexibility index (Phi) is 8.70. The monoisotopic (exact) mass is 582 g/mol. The predicted octanol–water partition coefficient (Wildman–Crippen LogP) is 6.33. The first-order valence-corrected chi connectivity index (χ1v) is 15.5. The van der Waals surface area contributed by atoms with Gasteiger partial charge in [0.15, 0.2) is 0 Å². The number of likely N-dealkylation sites (N-methyl/N-ethyl adjacent to an activating group) is 1. The van der Waals surface area contributed by atoms with Crippen LogP contribution >= 0.6 is 11.6 Å². The Hall–Kier alpha value is -3.52. The Labute approximate surface area is 254 Å². The molecule has 2 aromatic carbocycles. The minimum atomic E-state index is 0.354. The molecule has 0 spiro atoms. The zero-order valence-corrected chi connectivity index (χ0v) is 25.4. The van der Waals surface area contributed by atoms with Crippen LogP contribution in [0.2, 0.25) is 5.02 Å². The normalized spacial score (nSPS) is 21.2. The third-order valence-electron chi connectivity index (χ3n) is 9.21. The van der Waals surface area contributed by atoms with E-state index in [1.54, 1.807) is 0 Å². The second-order valence-electron chi connectivity index (χ2n) is 12.0. The number of likely N-dealkylation sites (tertiary alicyclic amines) is 1. The van der Waals surface area contributed by atoms with E-state index < -0.39 is 0 Å². The largest absolute Gasteiger partial charge is 0.345 e. The first-order valence-electron chi connectivity index (χ1n) is 15.1. The molecule has 2 aliphatic heterocycles. The molecule has 2 fully saturated rings. The van der Waals surface area contributed by atoms with Gasteiger partial charge in [0.1, 0.15) is 0 Å². The van der Waals surface area contributed by atoms with E-state index in [1.165, 1.54) is 31.4 Å². The molecule has 6 rings (SSSR count). The van der Waals surface area contributed by atoms with Gasteiger partial charge in [-0.3, -0.25) is 4.98 Å². The molecule has 1 unspecified atom stereocenters. The van der Waals surface area contributed by atoms with Crippen molar-refractivity contribution >= 4 is 28.9 Å². The number of halogens is 1. The highest BCUT2D eigenvalue weighted by atomic mass is 35.5. The first-order chi connectivity index (χ1) is 20.5. The number of aromatic nitrogens is 3. The Balaban J connectivity index is 1.30. The lowest BCUT2D eigenvalue weighted by Gasteiger charge is -2.50. The quantitative estimate of drug-likeness (QED) is 0.245. The maximum absolute atomic E-state index is 6.34. The molecular weight excluding hydrogens is 542 g/mol. The molecule has 7 nitrogen and oxygen atoms in total. The molecule has 4 heterocycles. The van der Waals surface area contributed by atoms with E-state index >= 15 is 0 Å². The van der Waals surface area contributed by atoms with Crippen LogP contribution in [0.15, 0.2) is 85.3 Å². The van der Waals surface area contributed by atoms with Crippen LogP contribution in [-0.4, -0.2) is 71.8 Å². The summed E-state index contributed by atoms with van der Waals surface area (Å²) in [4.78, 5) is 18.8. The van der Waals surface area contributed by atoms with Crippen molar-refractivity contribution in [2.45, 2.75) is 44.3 Å². The van der Waals surface area contributed by atoms with Crippen LogP contribution in [0.5, 0.6) is 0 Å². The summed E-state index contributed by atoms with van der Waals surface area (Å²) in [6, 6.07) is 23.9. The Morgan fingerprint density at radius 2 is 1.69 bits per heavy atom. The van der Waals surface area contributed by atoms with E-state index in [-0.39, 0.29) is 0 Å². The molecule has 2 atom stereocenters. The highest BCUT2D eigenvalue weighted by molar-refractivity contribution is 6.30. The number of rotatable bonds is 8. The Morgan fingerprint density at radius 3 is 2.45 bits per heavy atom. The van der Waals surface area contributed by atoms with Gasteiger partial charge in [-0.2, -0.15) is 0 Å². The zero-order chi connectivity index (χ0) is 28.9. The van der Waals surface area contributed by atoms with Crippen molar-refractivity contribution in [2.24, 2.45) is 0 Å². The Morgan fingerprint density at radius 1 is 0.929 bits per heavy atom. The average Bonchev–Trinajstić information content (AvgIpc) is 3.04. The van der Waals surface area contributed by atoms with Gasteiger partial charge < -0.3 is 19.6 Å². The fourth-order valence-corrected chi connectivity index (χ4v) is 6.96. The van der Waals surface area contributed by atoms with Crippen molar-refractivity contribution in [1.82, 2.24) is 20.3 Å². The van der Waals surface area contributed by atoms with Gasteiger partial charge in [-0.05, 0) is 60.9 Å². The number of pyridine rings is 1. The lowest BCUT2D eigenvalue weighted by atomic mass is 9.94. The zero-order valence-electron chi connectivity index (χ0n) is 24.7. The minimum absolute atomic E-state index is 0.354. The third-order valence-corrected chi connectivity index (χ3v) is 9.45. The smallest absolute Gasteiger partial charge is 0.226 e. The first kappa shape index (κ1) is 28.6. The number of anilines is 3. The summed E-state index contributed by atoms with van der Waals surface area (Å²) in [5.74, 6) is 0.786. The van der Waals surface area contributed by atoms with Crippen molar-refractivity contribution in [3.05, 3.63) is 95.9 Å². The molecule has 0 bridgehead atoms. The van der Waals surface area contributed by atoms with Gasteiger partial charge in [-0.25, -0.2) is 9.97 Å². The van der Waals surface area contributed by atoms with Crippen molar-refractivity contribution in [2.75, 3.05) is 50.1 Å². The number of hydrogen-bond donors (Lipinski definition) is 1. The van der Waals surface area contributed by atoms with Crippen molar-refractivity contribution < 1.29 is 4.48 Å². The van der Waals surface area contributed by atoms with Gasteiger partial charge >= 0.3 is 0 Å². The van der Waals surface area contributed by atoms with E-state index in [0.717, 1.165) is 65.7 Å². The molecule has 0 amide bonds. The maximum Gasteiger partial charge on any atom is 0.226 e. The SMILES string of the molecule is CN(c1ccncc1)c1ccc(CN(c2nccc(-c3cccc(Cl)c3)n2)[C@H]2CCC[N+](C)(C3CCNCC3)C2)cc1. The van der Waals surface area contributed by atoms with Crippen molar-refractivity contribution in [3.8, 4) is 11.3 Å². The van der Waals surface area contributed by atoms with E-state index in [0.29, 0.717) is 17.1 Å². The second kappa shape index (κ2) is 12.8. The van der Waals surface area contributed by atoms with Gasteiger partial charge in [0.2, 0.25) is 5.95 Å². The van der Waals surface area contributed by atoms with Gasteiger partial charge in [0.25, 0.3) is 0 Å². The summed E-state index contributed by atoms with van der Waals surface area (Å²) in [5, 5.41) is 4.27. The number of quaternary nitrogens is 1. The molecule has 0 aliphatic carbocycles. The molecule has 0 saturated carbocycles. The average molecular weight is 583 g/mol. The molecule has 218 valence electrons. The fraction of sp³-hybridized carbons (Fsp3) is 0.382. The summed E-state index contributed by atoms with van der Waals surface area (Å²) in [5.41, 5.74) is 5.41. The highest BCUT2D eigenvalue weighted by Gasteiger charge is 2.41. The van der Waals surface area contributed by atoms with Crippen LogP contribution in [0.3, 0.4) is 0 Å². The number of hydrogen-bond acceptors (Lipinski definition) is 6. The summed E-state index contributed by atoms with van der Waals surface area (Å²) < 4.78 is 1.13. The number of nitrogens with zero attached hydrogens (tertiary/aromatic N) is 6. The molecule has 1 N–H and O–H groups in total. The van der Waals surface area contributed by atoms with Gasteiger partial charge in [0, 0.05) is 80.1 Å². The van der Waals surface area contributed by atoms with E-state index in [1.807, 2.05) is 55.0 Å². The van der Waals surface area contributed by atoms with Crippen molar-refractivity contribution in [1.29, 1.82) is 0 Å². The molecular formula is C34H41ClN7+. The summed E-state index contributed by atoms with van der Waals surface area (Å²) in [6.45, 7) is 5.36.